The van der Waals surface area contributed by atoms with Crippen LogP contribution in [-0.4, -0.2) is 35.0 Å². The minimum atomic E-state index is -0.615. The standard InChI is InChI=1S/C20H30O4/c1-3-19(22)14-10-7-8-12-16-20(23)15-11-6-4-5-9-13-17-24-18(2)21/h12,16,19-20,22-23H,3-6,9,11,13,15,17H2,1-2H3. The molecule has 0 radical (unpaired) electrons. The van der Waals surface area contributed by atoms with Gasteiger partial charge in [0.2, 0.25) is 0 Å². The monoisotopic (exact) mass is 334 g/mol. The molecule has 0 aliphatic rings. The number of aliphatic hydroxyl groups is 2. The zero-order chi connectivity index (χ0) is 18.0. The Morgan fingerprint density at radius 2 is 1.75 bits per heavy atom. The van der Waals surface area contributed by atoms with Gasteiger partial charge in [0.25, 0.3) is 0 Å². The Kier molecular flexibility index (Phi) is 14.9. The lowest BCUT2D eigenvalue weighted by molar-refractivity contribution is -0.141. The lowest BCUT2D eigenvalue weighted by Crippen LogP contribution is -2.01. The lowest BCUT2D eigenvalue weighted by Gasteiger charge is -2.05. The minimum Gasteiger partial charge on any atom is -0.466 e. The molecule has 0 fully saturated rings. The fourth-order valence-electron chi connectivity index (χ4n) is 1.93. The van der Waals surface area contributed by atoms with Gasteiger partial charge in [-0.25, -0.2) is 0 Å². The van der Waals surface area contributed by atoms with Crippen molar-refractivity contribution >= 4 is 5.97 Å². The second kappa shape index (κ2) is 16.1. The third-order valence-corrected chi connectivity index (χ3v) is 3.36. The van der Waals surface area contributed by atoms with Crippen LogP contribution in [0, 0.1) is 23.7 Å². The summed E-state index contributed by atoms with van der Waals surface area (Å²) < 4.78 is 4.87. The fourth-order valence-corrected chi connectivity index (χ4v) is 1.93. The van der Waals surface area contributed by atoms with E-state index in [0.29, 0.717) is 13.0 Å². The summed E-state index contributed by atoms with van der Waals surface area (Å²) in [5.74, 6) is 10.3. The van der Waals surface area contributed by atoms with Crippen molar-refractivity contribution in [3.8, 4) is 23.7 Å². The molecule has 0 rings (SSSR count). The van der Waals surface area contributed by atoms with Gasteiger partial charge in [0.15, 0.2) is 0 Å². The maximum Gasteiger partial charge on any atom is 0.302 e. The first-order valence-corrected chi connectivity index (χ1v) is 8.73. The van der Waals surface area contributed by atoms with Crippen molar-refractivity contribution in [2.45, 2.75) is 77.4 Å². The molecule has 134 valence electrons. The summed E-state index contributed by atoms with van der Waals surface area (Å²) in [6, 6.07) is 0. The van der Waals surface area contributed by atoms with Crippen molar-refractivity contribution in [3.63, 3.8) is 0 Å². The van der Waals surface area contributed by atoms with E-state index < -0.39 is 12.2 Å². The number of esters is 1. The first-order valence-electron chi connectivity index (χ1n) is 8.73. The number of aliphatic hydroxyl groups excluding tert-OH is 2. The Balaban J connectivity index is 3.57. The number of allylic oxidation sites excluding steroid dienone is 1. The van der Waals surface area contributed by atoms with E-state index in [-0.39, 0.29) is 5.97 Å². The fraction of sp³-hybridized carbons (Fsp3) is 0.650. The van der Waals surface area contributed by atoms with Gasteiger partial charge in [-0.1, -0.05) is 50.9 Å². The van der Waals surface area contributed by atoms with Crippen molar-refractivity contribution in [2.24, 2.45) is 0 Å². The maximum atomic E-state index is 10.6. The predicted octanol–water partition coefficient (Wildman–Crippen LogP) is 2.98. The molecule has 0 bridgehead atoms. The highest BCUT2D eigenvalue weighted by atomic mass is 16.5. The summed E-state index contributed by atoms with van der Waals surface area (Å²) in [5, 5.41) is 19.0. The summed E-state index contributed by atoms with van der Waals surface area (Å²) in [4.78, 5) is 10.6. The van der Waals surface area contributed by atoms with Gasteiger partial charge >= 0.3 is 5.97 Å². The zero-order valence-electron chi connectivity index (χ0n) is 14.9. The highest BCUT2D eigenvalue weighted by molar-refractivity contribution is 5.65. The Labute approximate surface area is 146 Å². The van der Waals surface area contributed by atoms with Crippen molar-refractivity contribution in [2.75, 3.05) is 6.61 Å². The second-order valence-corrected chi connectivity index (χ2v) is 5.64. The quantitative estimate of drug-likeness (QED) is 0.346. The molecule has 0 saturated carbocycles. The molecule has 0 aromatic rings. The molecule has 0 aromatic heterocycles. The van der Waals surface area contributed by atoms with Crippen LogP contribution in [0.3, 0.4) is 0 Å². The van der Waals surface area contributed by atoms with E-state index in [4.69, 9.17) is 4.74 Å². The molecule has 0 aliphatic carbocycles. The molecule has 2 unspecified atom stereocenters. The molecule has 0 saturated heterocycles. The Morgan fingerprint density at radius 3 is 2.42 bits per heavy atom. The third-order valence-electron chi connectivity index (χ3n) is 3.36. The third kappa shape index (κ3) is 16.6. The molecule has 0 heterocycles. The molecule has 4 heteroatoms. The van der Waals surface area contributed by atoms with Crippen LogP contribution < -0.4 is 0 Å². The van der Waals surface area contributed by atoms with E-state index in [1.807, 2.05) is 6.92 Å². The largest absolute Gasteiger partial charge is 0.466 e. The van der Waals surface area contributed by atoms with Gasteiger partial charge in [-0.2, -0.15) is 0 Å². The van der Waals surface area contributed by atoms with Crippen LogP contribution in [0.5, 0.6) is 0 Å². The highest BCUT2D eigenvalue weighted by Crippen LogP contribution is 2.09. The van der Waals surface area contributed by atoms with Crippen molar-refractivity contribution in [1.82, 2.24) is 0 Å². The molecule has 24 heavy (non-hydrogen) atoms. The van der Waals surface area contributed by atoms with Gasteiger partial charge < -0.3 is 14.9 Å². The maximum absolute atomic E-state index is 10.6. The molecule has 0 aliphatic heterocycles. The van der Waals surface area contributed by atoms with Crippen molar-refractivity contribution < 1.29 is 19.7 Å². The number of hydrogen-bond acceptors (Lipinski definition) is 4. The summed E-state index contributed by atoms with van der Waals surface area (Å²) in [5.41, 5.74) is 0. The summed E-state index contributed by atoms with van der Waals surface area (Å²) in [6.07, 6.45) is 9.81. The van der Waals surface area contributed by atoms with Crippen LogP contribution in [0.25, 0.3) is 0 Å². The normalized spacial score (nSPS) is 12.7. The summed E-state index contributed by atoms with van der Waals surface area (Å²) >= 11 is 0. The van der Waals surface area contributed by atoms with Gasteiger partial charge in [0.1, 0.15) is 6.10 Å². The van der Waals surface area contributed by atoms with E-state index in [1.54, 1.807) is 12.2 Å². The Morgan fingerprint density at radius 1 is 1.08 bits per heavy atom. The van der Waals surface area contributed by atoms with Gasteiger partial charge in [-0.05, 0) is 43.3 Å². The van der Waals surface area contributed by atoms with Gasteiger partial charge in [-0.3, -0.25) is 4.79 Å². The predicted molar refractivity (Wildman–Crippen MR) is 95.9 cm³/mol. The van der Waals surface area contributed by atoms with E-state index in [2.05, 4.69) is 23.7 Å². The highest BCUT2D eigenvalue weighted by Gasteiger charge is 1.99. The van der Waals surface area contributed by atoms with Crippen LogP contribution in [0.15, 0.2) is 12.2 Å². The number of carbonyl (C=O) groups is 1. The number of ether oxygens (including phenoxy) is 1. The average Bonchev–Trinajstić information content (AvgIpc) is 2.55. The molecule has 0 amide bonds. The van der Waals surface area contributed by atoms with E-state index in [0.717, 1.165) is 44.9 Å². The van der Waals surface area contributed by atoms with E-state index in [1.165, 1.54) is 6.92 Å². The summed E-state index contributed by atoms with van der Waals surface area (Å²) in [7, 11) is 0. The molecule has 0 spiro atoms. The smallest absolute Gasteiger partial charge is 0.302 e. The Hall–Kier alpha value is -1.75. The summed E-state index contributed by atoms with van der Waals surface area (Å²) in [6.45, 7) is 3.79. The van der Waals surface area contributed by atoms with Gasteiger partial charge in [-0.15, -0.1) is 0 Å². The van der Waals surface area contributed by atoms with Crippen LogP contribution in [0.4, 0.5) is 0 Å². The van der Waals surface area contributed by atoms with Crippen molar-refractivity contribution in [1.29, 1.82) is 0 Å². The number of hydrogen-bond donors (Lipinski definition) is 2. The average molecular weight is 334 g/mol. The van der Waals surface area contributed by atoms with Gasteiger partial charge in [0, 0.05) is 6.92 Å². The zero-order valence-corrected chi connectivity index (χ0v) is 14.9. The van der Waals surface area contributed by atoms with Crippen LogP contribution >= 0.6 is 0 Å². The van der Waals surface area contributed by atoms with Crippen LogP contribution in [-0.2, 0) is 9.53 Å². The van der Waals surface area contributed by atoms with E-state index in [9.17, 15) is 15.0 Å². The topological polar surface area (TPSA) is 66.8 Å². The molecule has 0 aromatic carbocycles. The minimum absolute atomic E-state index is 0.215. The first-order chi connectivity index (χ1) is 11.6. The number of rotatable bonds is 11. The first kappa shape index (κ1) is 22.2. The SMILES string of the molecule is CCC(O)C#CC#CC=CC(O)CCCCCCCCOC(C)=O. The number of unbranched alkanes of at least 4 members (excludes halogenated alkanes) is 5. The molecule has 4 nitrogen and oxygen atoms in total. The lowest BCUT2D eigenvalue weighted by atomic mass is 10.1. The van der Waals surface area contributed by atoms with Crippen molar-refractivity contribution in [3.05, 3.63) is 12.2 Å². The Bertz CT molecular complexity index is 473. The molecule has 2 N–H and O–H groups in total. The van der Waals surface area contributed by atoms with Gasteiger partial charge in [0.05, 0.1) is 12.7 Å². The molecular formula is C20H30O4. The second-order valence-electron chi connectivity index (χ2n) is 5.64. The van der Waals surface area contributed by atoms with E-state index >= 15 is 0 Å². The molecule has 2 atom stereocenters. The number of carbonyl (C=O) groups excluding carboxylic acids is 1. The molecular weight excluding hydrogens is 304 g/mol. The van der Waals surface area contributed by atoms with Crippen LogP contribution in [0.1, 0.15) is 65.2 Å². The van der Waals surface area contributed by atoms with Crippen LogP contribution in [0.2, 0.25) is 0 Å².